The Bertz CT molecular complexity index is 1310. The van der Waals surface area contributed by atoms with Crippen molar-refractivity contribution in [3.8, 4) is 0 Å². The first-order valence-corrected chi connectivity index (χ1v) is 10.4. The molecule has 0 atom stereocenters. The molecule has 1 aliphatic rings. The Hall–Kier alpha value is -4.54. The van der Waals surface area contributed by atoms with Gasteiger partial charge in [-0.15, -0.1) is 0 Å². The number of nitro benzene ring substituents is 2. The Morgan fingerprint density at radius 2 is 1.56 bits per heavy atom. The number of nitro groups is 2. The number of anilines is 1. The van der Waals surface area contributed by atoms with Crippen LogP contribution in [0.4, 0.5) is 17.1 Å². The summed E-state index contributed by atoms with van der Waals surface area (Å²) in [5.41, 5.74) is -0.913. The fourth-order valence-electron chi connectivity index (χ4n) is 4.16. The summed E-state index contributed by atoms with van der Waals surface area (Å²) in [6.07, 6.45) is 0. The second-order valence-electron chi connectivity index (χ2n) is 7.67. The Balaban J connectivity index is 1.64. The van der Waals surface area contributed by atoms with E-state index < -0.39 is 27.2 Å². The molecule has 1 aliphatic heterocycles. The van der Waals surface area contributed by atoms with Gasteiger partial charge in [-0.1, -0.05) is 36.4 Å². The van der Waals surface area contributed by atoms with Gasteiger partial charge in [0.1, 0.15) is 5.69 Å². The lowest BCUT2D eigenvalue weighted by Crippen LogP contribution is -2.49. The van der Waals surface area contributed by atoms with E-state index in [1.165, 1.54) is 0 Å². The van der Waals surface area contributed by atoms with E-state index >= 15 is 0 Å². The molecule has 0 radical (unpaired) electrons. The Morgan fingerprint density at radius 3 is 2.21 bits per heavy atom. The number of carbonyl (C=O) groups is 2. The van der Waals surface area contributed by atoms with Gasteiger partial charge in [0.05, 0.1) is 28.6 Å². The number of esters is 1. The molecule has 34 heavy (non-hydrogen) atoms. The van der Waals surface area contributed by atoms with Crippen LogP contribution < -0.4 is 4.90 Å². The molecule has 0 spiro atoms. The van der Waals surface area contributed by atoms with Crippen LogP contribution >= 0.6 is 0 Å². The maximum Gasteiger partial charge on any atom is 0.340 e. The number of rotatable bonds is 5. The lowest BCUT2D eigenvalue weighted by atomic mass is 10.0. The number of fused-ring (bicyclic) bond motifs is 1. The van der Waals surface area contributed by atoms with Crippen LogP contribution in [-0.4, -0.2) is 59.9 Å². The number of piperazine rings is 1. The lowest BCUT2D eigenvalue weighted by Gasteiger charge is -2.36. The molecule has 3 aromatic rings. The average molecular weight is 464 g/mol. The number of hydrogen-bond donors (Lipinski definition) is 0. The first-order chi connectivity index (χ1) is 16.3. The van der Waals surface area contributed by atoms with E-state index in [1.807, 2.05) is 36.4 Å². The number of nitrogens with zero attached hydrogens (tertiary/aromatic N) is 4. The van der Waals surface area contributed by atoms with Crippen LogP contribution in [-0.2, 0) is 4.74 Å². The zero-order valence-corrected chi connectivity index (χ0v) is 18.2. The van der Waals surface area contributed by atoms with Crippen molar-refractivity contribution in [2.24, 2.45) is 0 Å². The fraction of sp³-hybridized carbons (Fsp3) is 0.217. The van der Waals surface area contributed by atoms with Gasteiger partial charge in [0.2, 0.25) is 0 Å². The van der Waals surface area contributed by atoms with E-state index in [1.54, 1.807) is 15.9 Å². The molecular weight excluding hydrogens is 444 g/mol. The van der Waals surface area contributed by atoms with Crippen molar-refractivity contribution in [1.29, 1.82) is 0 Å². The third-order valence-corrected chi connectivity index (χ3v) is 5.79. The van der Waals surface area contributed by atoms with Crippen molar-refractivity contribution in [2.45, 2.75) is 0 Å². The van der Waals surface area contributed by atoms with Gasteiger partial charge in [-0.3, -0.25) is 25.0 Å². The number of ether oxygens (including phenoxy) is 1. The Labute approximate surface area is 193 Å². The van der Waals surface area contributed by atoms with Crippen LogP contribution in [0.15, 0.2) is 54.6 Å². The molecule has 11 heteroatoms. The first kappa shape index (κ1) is 22.6. The summed E-state index contributed by atoms with van der Waals surface area (Å²) >= 11 is 0. The summed E-state index contributed by atoms with van der Waals surface area (Å²) in [6.45, 7) is 0.881. The number of benzene rings is 3. The predicted molar refractivity (Wildman–Crippen MR) is 123 cm³/mol. The van der Waals surface area contributed by atoms with Crippen LogP contribution in [0.5, 0.6) is 0 Å². The van der Waals surface area contributed by atoms with Gasteiger partial charge in [0, 0.05) is 37.8 Å². The largest absolute Gasteiger partial charge is 0.465 e. The van der Waals surface area contributed by atoms with Crippen molar-refractivity contribution >= 4 is 39.7 Å². The highest BCUT2D eigenvalue weighted by atomic mass is 16.6. The molecule has 0 aliphatic carbocycles. The van der Waals surface area contributed by atoms with Gasteiger partial charge in [-0.05, 0) is 16.8 Å². The smallest absolute Gasteiger partial charge is 0.340 e. The summed E-state index contributed by atoms with van der Waals surface area (Å²) in [4.78, 5) is 50.2. The quantitative estimate of drug-likeness (QED) is 0.318. The van der Waals surface area contributed by atoms with Gasteiger partial charge >= 0.3 is 5.97 Å². The van der Waals surface area contributed by atoms with E-state index in [0.717, 1.165) is 30.0 Å². The van der Waals surface area contributed by atoms with Gasteiger partial charge < -0.3 is 14.5 Å². The van der Waals surface area contributed by atoms with E-state index in [0.29, 0.717) is 5.56 Å². The summed E-state index contributed by atoms with van der Waals surface area (Å²) in [5, 5.41) is 24.7. The molecule has 11 nitrogen and oxygen atoms in total. The predicted octanol–water partition coefficient (Wildman–Crippen LogP) is 3.41. The summed E-state index contributed by atoms with van der Waals surface area (Å²) in [5.74, 6) is -1.08. The summed E-state index contributed by atoms with van der Waals surface area (Å²) in [7, 11) is 1.09. The summed E-state index contributed by atoms with van der Waals surface area (Å²) in [6, 6.07) is 14.9. The molecule has 1 fully saturated rings. The molecule has 1 heterocycles. The summed E-state index contributed by atoms with van der Waals surface area (Å²) < 4.78 is 4.72. The van der Waals surface area contributed by atoms with Crippen molar-refractivity contribution in [2.75, 3.05) is 38.2 Å². The molecule has 0 bridgehead atoms. The lowest BCUT2D eigenvalue weighted by molar-refractivity contribution is -0.393. The topological polar surface area (TPSA) is 136 Å². The van der Waals surface area contributed by atoms with E-state index in [2.05, 4.69) is 0 Å². The minimum absolute atomic E-state index is 0.0558. The van der Waals surface area contributed by atoms with Crippen LogP contribution in [0.1, 0.15) is 20.7 Å². The second kappa shape index (κ2) is 9.14. The Kier molecular flexibility index (Phi) is 6.09. The third kappa shape index (κ3) is 4.10. The van der Waals surface area contributed by atoms with Gasteiger partial charge in [-0.25, -0.2) is 4.79 Å². The maximum atomic E-state index is 13.2. The van der Waals surface area contributed by atoms with Gasteiger partial charge in [0.15, 0.2) is 0 Å². The van der Waals surface area contributed by atoms with E-state index in [9.17, 15) is 29.8 Å². The SMILES string of the molecule is COC(=O)c1cc([N+](=O)[O-])cc([N+](=O)[O-])c1N1CCN(C(=O)c2cccc3ccccc23)CC1. The molecule has 3 aromatic carbocycles. The number of amides is 1. The molecule has 1 amide bonds. The normalized spacial score (nSPS) is 13.6. The molecule has 0 saturated carbocycles. The highest BCUT2D eigenvalue weighted by Crippen LogP contribution is 2.37. The van der Waals surface area contributed by atoms with Crippen molar-refractivity contribution in [3.63, 3.8) is 0 Å². The third-order valence-electron chi connectivity index (χ3n) is 5.79. The minimum atomic E-state index is -0.920. The highest BCUT2D eigenvalue weighted by Gasteiger charge is 2.34. The number of hydrogen-bond acceptors (Lipinski definition) is 8. The zero-order chi connectivity index (χ0) is 24.4. The van der Waals surface area contributed by atoms with E-state index in [-0.39, 0.29) is 43.3 Å². The molecule has 0 N–H and O–H groups in total. The van der Waals surface area contributed by atoms with Crippen LogP contribution in [0.2, 0.25) is 0 Å². The molecular formula is C23H20N4O7. The molecule has 0 aromatic heterocycles. The fourth-order valence-corrected chi connectivity index (χ4v) is 4.16. The monoisotopic (exact) mass is 464 g/mol. The number of non-ortho nitro benzene ring substituents is 1. The van der Waals surface area contributed by atoms with Crippen molar-refractivity contribution in [1.82, 2.24) is 4.90 Å². The zero-order valence-electron chi connectivity index (χ0n) is 18.2. The molecule has 0 unspecified atom stereocenters. The van der Waals surface area contributed by atoms with Gasteiger partial charge in [-0.2, -0.15) is 0 Å². The number of methoxy groups -OCH3 is 1. The van der Waals surface area contributed by atoms with Crippen LogP contribution in [0.25, 0.3) is 10.8 Å². The highest BCUT2D eigenvalue weighted by molar-refractivity contribution is 6.07. The second-order valence-corrected chi connectivity index (χ2v) is 7.67. The molecule has 4 rings (SSSR count). The Morgan fingerprint density at radius 1 is 0.882 bits per heavy atom. The van der Waals surface area contributed by atoms with Crippen LogP contribution in [0.3, 0.4) is 0 Å². The average Bonchev–Trinajstić information content (AvgIpc) is 2.86. The number of carbonyl (C=O) groups excluding carboxylic acids is 2. The van der Waals surface area contributed by atoms with Crippen molar-refractivity contribution < 1.29 is 24.2 Å². The van der Waals surface area contributed by atoms with E-state index in [4.69, 9.17) is 4.74 Å². The maximum absolute atomic E-state index is 13.2. The first-order valence-electron chi connectivity index (χ1n) is 10.4. The minimum Gasteiger partial charge on any atom is -0.465 e. The molecule has 1 saturated heterocycles. The standard InChI is InChI=1S/C23H20N4O7/c1-34-23(29)19-13-16(26(30)31)14-20(27(32)33)21(19)24-9-11-25(12-10-24)22(28)18-8-4-6-15-5-2-3-7-17(15)18/h2-8,13-14H,9-12H2,1H3. The van der Waals surface area contributed by atoms with Crippen LogP contribution in [0, 0.1) is 20.2 Å². The van der Waals surface area contributed by atoms with Gasteiger partial charge in [0.25, 0.3) is 17.3 Å². The molecule has 174 valence electrons. The van der Waals surface area contributed by atoms with Crippen molar-refractivity contribution in [3.05, 3.63) is 86.0 Å².